The highest BCUT2D eigenvalue weighted by atomic mass is 35.5. The summed E-state index contributed by atoms with van der Waals surface area (Å²) in [5, 5.41) is 1.39. The van der Waals surface area contributed by atoms with Gasteiger partial charge in [0.25, 0.3) is 5.56 Å². The zero-order valence-corrected chi connectivity index (χ0v) is 17.7. The smallest absolute Gasteiger partial charge is 0.260 e. The molecule has 0 N–H and O–H groups in total. The van der Waals surface area contributed by atoms with Gasteiger partial charge in [-0.2, -0.15) is 0 Å². The largest absolute Gasteiger partial charge is 0.346 e. The van der Waals surface area contributed by atoms with Gasteiger partial charge in [0.2, 0.25) is 0 Å². The Morgan fingerprint density at radius 1 is 1.11 bits per heavy atom. The number of halogens is 2. The van der Waals surface area contributed by atoms with Crippen LogP contribution < -0.4 is 5.56 Å². The van der Waals surface area contributed by atoms with E-state index >= 15 is 0 Å². The second-order valence-electron chi connectivity index (χ2n) is 6.97. The Hall–Kier alpha value is -2.41. The van der Waals surface area contributed by atoms with Crippen molar-refractivity contribution in [3.63, 3.8) is 0 Å². The van der Waals surface area contributed by atoms with Crippen LogP contribution >= 0.6 is 24.8 Å². The molecule has 3 aromatic rings. The molecular formula is C20H22Cl2N4O2. The van der Waals surface area contributed by atoms with Crippen LogP contribution in [0.4, 0.5) is 0 Å². The molecule has 0 saturated carbocycles. The molecule has 0 spiro atoms. The summed E-state index contributed by atoms with van der Waals surface area (Å²) in [7, 11) is 7.58. The molecule has 0 amide bonds. The Kier molecular flexibility index (Phi) is 6.18. The first kappa shape index (κ1) is 21.9. The van der Waals surface area contributed by atoms with E-state index in [-0.39, 0.29) is 36.2 Å². The van der Waals surface area contributed by atoms with Gasteiger partial charge >= 0.3 is 0 Å². The van der Waals surface area contributed by atoms with Crippen molar-refractivity contribution < 1.29 is 4.79 Å². The zero-order chi connectivity index (χ0) is 18.6. The number of carbonyl (C=O) groups excluding carboxylic acids is 1. The average Bonchev–Trinajstić information content (AvgIpc) is 2.88. The fourth-order valence-electron chi connectivity index (χ4n) is 3.66. The van der Waals surface area contributed by atoms with Crippen molar-refractivity contribution in [3.8, 4) is 0 Å². The van der Waals surface area contributed by atoms with Crippen LogP contribution in [0.25, 0.3) is 22.4 Å². The van der Waals surface area contributed by atoms with Gasteiger partial charge in [0.15, 0.2) is 5.78 Å². The van der Waals surface area contributed by atoms with Crippen molar-refractivity contribution in [2.75, 3.05) is 14.1 Å². The summed E-state index contributed by atoms with van der Waals surface area (Å²) < 4.78 is 3.53. The number of hydrogen-bond donors (Lipinski definition) is 0. The van der Waals surface area contributed by atoms with Crippen molar-refractivity contribution in [3.05, 3.63) is 63.6 Å². The molecule has 6 nitrogen and oxygen atoms in total. The third kappa shape index (κ3) is 3.17. The third-order valence-electron chi connectivity index (χ3n) is 4.90. The molecule has 148 valence electrons. The van der Waals surface area contributed by atoms with E-state index in [1.807, 2.05) is 48.8 Å². The minimum Gasteiger partial charge on any atom is -0.346 e. The number of rotatable bonds is 3. The van der Waals surface area contributed by atoms with Gasteiger partial charge in [-0.15, -0.1) is 24.8 Å². The molecule has 0 bridgehead atoms. The standard InChI is InChI=1S/C20H20N4O2.2ClH/c1-22(2)11-16-18-17-14(10-23(3)20(18)26)19(25)13(8-15(17)24(16)4)12-6-5-7-21-9-12;;/h5-10H,11H2,1-4H3;2*1H. The van der Waals surface area contributed by atoms with Crippen LogP contribution in [0.15, 0.2) is 35.5 Å². The summed E-state index contributed by atoms with van der Waals surface area (Å²) in [5.41, 5.74) is 3.68. The van der Waals surface area contributed by atoms with Gasteiger partial charge in [0.1, 0.15) is 0 Å². The van der Waals surface area contributed by atoms with Crippen LogP contribution in [0.2, 0.25) is 0 Å². The summed E-state index contributed by atoms with van der Waals surface area (Å²) >= 11 is 0. The summed E-state index contributed by atoms with van der Waals surface area (Å²) in [4.78, 5) is 32.2. The van der Waals surface area contributed by atoms with E-state index in [0.717, 1.165) is 22.3 Å². The number of ketones is 1. The monoisotopic (exact) mass is 420 g/mol. The predicted octanol–water partition coefficient (Wildman–Crippen LogP) is 2.91. The molecule has 28 heavy (non-hydrogen) atoms. The molecule has 0 radical (unpaired) electrons. The molecule has 0 saturated heterocycles. The first-order chi connectivity index (χ1) is 12.4. The van der Waals surface area contributed by atoms with Crippen LogP contribution in [-0.2, 0) is 20.6 Å². The number of allylic oxidation sites excluding steroid dienone is 1. The average molecular weight is 421 g/mol. The fraction of sp³-hybridized carbons (Fsp3) is 0.250. The van der Waals surface area contributed by atoms with E-state index in [4.69, 9.17) is 0 Å². The van der Waals surface area contributed by atoms with E-state index in [0.29, 0.717) is 23.1 Å². The predicted molar refractivity (Wildman–Crippen MR) is 116 cm³/mol. The van der Waals surface area contributed by atoms with Crippen molar-refractivity contribution in [1.82, 2.24) is 19.0 Å². The fourth-order valence-corrected chi connectivity index (χ4v) is 3.66. The van der Waals surface area contributed by atoms with Gasteiger partial charge in [-0.25, -0.2) is 0 Å². The lowest BCUT2D eigenvalue weighted by Gasteiger charge is -2.15. The van der Waals surface area contributed by atoms with Crippen molar-refractivity contribution in [2.24, 2.45) is 14.1 Å². The number of aromatic nitrogens is 3. The number of hydrogen-bond acceptors (Lipinski definition) is 4. The van der Waals surface area contributed by atoms with Crippen LogP contribution in [-0.4, -0.2) is 38.9 Å². The second kappa shape index (κ2) is 7.91. The molecule has 1 aliphatic carbocycles. The lowest BCUT2D eigenvalue weighted by Crippen LogP contribution is -2.21. The molecule has 0 fully saturated rings. The van der Waals surface area contributed by atoms with Gasteiger partial charge in [0.05, 0.1) is 11.1 Å². The molecule has 0 aliphatic heterocycles. The lowest BCUT2D eigenvalue weighted by atomic mass is 9.90. The van der Waals surface area contributed by atoms with Crippen molar-refractivity contribution in [2.45, 2.75) is 6.54 Å². The minimum absolute atomic E-state index is 0. The highest BCUT2D eigenvalue weighted by molar-refractivity contribution is 6.38. The van der Waals surface area contributed by atoms with Crippen LogP contribution in [0, 0.1) is 0 Å². The third-order valence-corrected chi connectivity index (χ3v) is 4.90. The Labute approximate surface area is 175 Å². The van der Waals surface area contributed by atoms with Crippen molar-refractivity contribution >= 4 is 53.0 Å². The topological polar surface area (TPSA) is 60.1 Å². The van der Waals surface area contributed by atoms with Gasteiger partial charge in [-0.05, 0) is 26.2 Å². The SMILES string of the molecule is CN(C)Cc1c2c(=O)n(C)cc3c2c(n1C)C=C(c1cccnc1)C3=O.Cl.Cl. The van der Waals surface area contributed by atoms with Crippen molar-refractivity contribution in [1.29, 1.82) is 0 Å². The van der Waals surface area contributed by atoms with Gasteiger partial charge in [0, 0.05) is 67.0 Å². The second-order valence-corrected chi connectivity index (χ2v) is 6.97. The first-order valence-corrected chi connectivity index (χ1v) is 8.42. The maximum absolute atomic E-state index is 13.2. The Morgan fingerprint density at radius 3 is 2.43 bits per heavy atom. The molecule has 0 aromatic carbocycles. The Balaban J connectivity index is 0.00000140. The van der Waals surface area contributed by atoms with Crippen LogP contribution in [0.3, 0.4) is 0 Å². The molecule has 3 aromatic heterocycles. The minimum atomic E-state index is -0.0758. The summed E-state index contributed by atoms with van der Waals surface area (Å²) in [6.45, 7) is 0.621. The van der Waals surface area contributed by atoms with Gasteiger partial charge in [-0.3, -0.25) is 14.6 Å². The molecule has 1 aliphatic rings. The quantitative estimate of drug-likeness (QED) is 0.653. The van der Waals surface area contributed by atoms with E-state index in [2.05, 4.69) is 4.98 Å². The maximum Gasteiger partial charge on any atom is 0.260 e. The molecule has 8 heteroatoms. The number of nitrogens with zero attached hydrogens (tertiary/aromatic N) is 4. The first-order valence-electron chi connectivity index (χ1n) is 8.42. The highest BCUT2D eigenvalue weighted by Gasteiger charge is 2.29. The zero-order valence-electron chi connectivity index (χ0n) is 16.1. The summed E-state index contributed by atoms with van der Waals surface area (Å²) in [5.74, 6) is -0.0758. The maximum atomic E-state index is 13.2. The van der Waals surface area contributed by atoms with Gasteiger partial charge < -0.3 is 14.0 Å². The molecule has 4 rings (SSSR count). The number of pyridine rings is 2. The number of Topliss-reactive ketones (excluding diaryl/α,β-unsaturated/α-hetero) is 1. The summed E-state index contributed by atoms with van der Waals surface area (Å²) in [6.07, 6.45) is 6.91. The number of carbonyl (C=O) groups is 1. The summed E-state index contributed by atoms with van der Waals surface area (Å²) in [6, 6.07) is 3.70. The van der Waals surface area contributed by atoms with E-state index < -0.39 is 0 Å². The Morgan fingerprint density at radius 2 is 1.82 bits per heavy atom. The normalized spacial score (nSPS) is 12.6. The van der Waals surface area contributed by atoms with Gasteiger partial charge in [-0.1, -0.05) is 6.07 Å². The van der Waals surface area contributed by atoms with E-state index in [9.17, 15) is 9.59 Å². The molecule has 0 unspecified atom stereocenters. The lowest BCUT2D eigenvalue weighted by molar-refractivity contribution is 0.105. The highest BCUT2D eigenvalue weighted by Crippen LogP contribution is 2.36. The molecule has 0 atom stereocenters. The van der Waals surface area contributed by atoms with E-state index in [1.165, 1.54) is 4.57 Å². The molecule has 3 heterocycles. The molecular weight excluding hydrogens is 399 g/mol. The Bertz CT molecular complexity index is 1140. The van der Waals surface area contributed by atoms with E-state index in [1.54, 1.807) is 25.6 Å². The number of aryl methyl sites for hydroxylation is 1. The van der Waals surface area contributed by atoms with Crippen LogP contribution in [0.1, 0.15) is 27.3 Å². The van der Waals surface area contributed by atoms with Crippen LogP contribution in [0.5, 0.6) is 0 Å².